The van der Waals surface area contributed by atoms with Crippen LogP contribution in [0.5, 0.6) is 0 Å². The number of pyridine rings is 1. The summed E-state index contributed by atoms with van der Waals surface area (Å²) >= 11 is 0. The van der Waals surface area contributed by atoms with Crippen molar-refractivity contribution >= 4 is 11.8 Å². The molecule has 0 amide bonds. The average molecular weight is 388 g/mol. The van der Waals surface area contributed by atoms with Crippen LogP contribution in [-0.2, 0) is 11.3 Å². The number of aromatic nitrogens is 1. The Morgan fingerprint density at radius 2 is 2.25 bits per heavy atom. The first-order valence-electron chi connectivity index (χ1n) is 10.8. The van der Waals surface area contributed by atoms with Crippen LogP contribution < -0.4 is 10.2 Å². The molecule has 1 aromatic heterocycles. The van der Waals surface area contributed by atoms with Gasteiger partial charge in [-0.2, -0.15) is 0 Å². The fourth-order valence-corrected chi connectivity index (χ4v) is 4.55. The number of anilines is 1. The summed E-state index contributed by atoms with van der Waals surface area (Å²) in [7, 11) is 1.88. The Labute approximate surface area is 170 Å². The van der Waals surface area contributed by atoms with Gasteiger partial charge in [0.15, 0.2) is 5.96 Å². The number of likely N-dealkylation sites (tertiary alicyclic amines) is 1. The normalized spacial score (nSPS) is 26.4. The number of nitrogens with zero attached hydrogens (tertiary/aromatic N) is 4. The fourth-order valence-electron chi connectivity index (χ4n) is 4.55. The van der Waals surface area contributed by atoms with E-state index >= 15 is 0 Å². The predicted molar refractivity (Wildman–Crippen MR) is 116 cm³/mol. The smallest absolute Gasteiger partial charge is 0.193 e. The standard InChI is InChI=1S/C22H37N5O/c1-5-9-22(3)10-6-11-27(17-22)21(23-4)25-15-19-7-8-20(24-14-19)26-12-13-28-18(2)16-26/h7-8,14,18H,5-6,9-13,15-17H2,1-4H3,(H,23,25). The molecule has 6 heteroatoms. The highest BCUT2D eigenvalue weighted by atomic mass is 16.5. The summed E-state index contributed by atoms with van der Waals surface area (Å²) in [4.78, 5) is 13.9. The molecule has 0 aromatic carbocycles. The van der Waals surface area contributed by atoms with E-state index in [-0.39, 0.29) is 6.10 Å². The van der Waals surface area contributed by atoms with Gasteiger partial charge in [-0.05, 0) is 43.2 Å². The van der Waals surface area contributed by atoms with Crippen molar-refractivity contribution in [3.63, 3.8) is 0 Å². The molecular weight excluding hydrogens is 350 g/mol. The number of nitrogens with one attached hydrogen (secondary N) is 1. The zero-order valence-electron chi connectivity index (χ0n) is 18.1. The van der Waals surface area contributed by atoms with Gasteiger partial charge in [0.1, 0.15) is 5.82 Å². The fraction of sp³-hybridized carbons (Fsp3) is 0.727. The number of guanidine groups is 1. The molecule has 2 saturated heterocycles. The summed E-state index contributed by atoms with van der Waals surface area (Å²) in [6.45, 7) is 12.3. The van der Waals surface area contributed by atoms with Crippen LogP contribution in [0.1, 0.15) is 52.0 Å². The van der Waals surface area contributed by atoms with Gasteiger partial charge < -0.3 is 19.9 Å². The molecule has 3 heterocycles. The monoisotopic (exact) mass is 387 g/mol. The first-order valence-corrected chi connectivity index (χ1v) is 10.8. The van der Waals surface area contributed by atoms with Gasteiger partial charge in [0, 0.05) is 46.0 Å². The van der Waals surface area contributed by atoms with Crippen molar-refractivity contribution in [1.29, 1.82) is 0 Å². The van der Waals surface area contributed by atoms with E-state index in [0.717, 1.165) is 51.1 Å². The largest absolute Gasteiger partial charge is 0.375 e. The molecule has 1 N–H and O–H groups in total. The van der Waals surface area contributed by atoms with Gasteiger partial charge in [0.25, 0.3) is 0 Å². The van der Waals surface area contributed by atoms with Gasteiger partial charge in [0.05, 0.1) is 12.7 Å². The molecule has 0 spiro atoms. The SMILES string of the molecule is CCCC1(C)CCCN(C(=NC)NCc2ccc(N3CCOC(C)C3)nc2)C1. The van der Waals surface area contributed by atoms with E-state index in [1.165, 1.54) is 31.2 Å². The molecule has 2 atom stereocenters. The van der Waals surface area contributed by atoms with Crippen LogP contribution in [0.3, 0.4) is 0 Å². The molecular formula is C22H37N5O. The maximum Gasteiger partial charge on any atom is 0.193 e. The molecule has 0 saturated carbocycles. The highest BCUT2D eigenvalue weighted by Crippen LogP contribution is 2.33. The van der Waals surface area contributed by atoms with Crippen LogP contribution in [0.4, 0.5) is 5.82 Å². The molecule has 2 aliphatic heterocycles. The second-order valence-corrected chi connectivity index (χ2v) is 8.64. The van der Waals surface area contributed by atoms with Crippen LogP contribution in [0.15, 0.2) is 23.3 Å². The topological polar surface area (TPSA) is 53.0 Å². The van der Waals surface area contributed by atoms with Crippen LogP contribution in [-0.4, -0.2) is 61.8 Å². The van der Waals surface area contributed by atoms with Crippen molar-refractivity contribution in [1.82, 2.24) is 15.2 Å². The van der Waals surface area contributed by atoms with Crippen molar-refractivity contribution in [2.24, 2.45) is 10.4 Å². The van der Waals surface area contributed by atoms with E-state index in [9.17, 15) is 0 Å². The van der Waals surface area contributed by atoms with Crippen molar-refractivity contribution in [2.75, 3.05) is 44.7 Å². The van der Waals surface area contributed by atoms with Crippen molar-refractivity contribution in [2.45, 2.75) is 59.1 Å². The maximum absolute atomic E-state index is 5.62. The minimum Gasteiger partial charge on any atom is -0.375 e. The van der Waals surface area contributed by atoms with Crippen LogP contribution in [0.25, 0.3) is 0 Å². The molecule has 6 nitrogen and oxygen atoms in total. The second kappa shape index (κ2) is 9.59. The minimum absolute atomic E-state index is 0.267. The number of hydrogen-bond acceptors (Lipinski definition) is 4. The zero-order valence-corrected chi connectivity index (χ0v) is 18.1. The third-order valence-corrected chi connectivity index (χ3v) is 5.97. The summed E-state index contributed by atoms with van der Waals surface area (Å²) < 4.78 is 5.62. The van der Waals surface area contributed by atoms with Crippen LogP contribution in [0, 0.1) is 5.41 Å². The molecule has 0 radical (unpaired) electrons. The molecule has 1 aromatic rings. The quantitative estimate of drug-likeness (QED) is 0.621. The number of hydrogen-bond donors (Lipinski definition) is 1. The molecule has 3 rings (SSSR count). The van der Waals surface area contributed by atoms with E-state index < -0.39 is 0 Å². The summed E-state index contributed by atoms with van der Waals surface area (Å²) in [5.41, 5.74) is 1.59. The lowest BCUT2D eigenvalue weighted by Crippen LogP contribution is -2.49. The highest BCUT2D eigenvalue weighted by molar-refractivity contribution is 5.80. The average Bonchev–Trinajstić information content (AvgIpc) is 2.69. The van der Waals surface area contributed by atoms with Crippen molar-refractivity contribution in [3.8, 4) is 0 Å². The van der Waals surface area contributed by atoms with Gasteiger partial charge >= 0.3 is 0 Å². The Hall–Kier alpha value is -1.82. The number of morpholine rings is 1. The maximum atomic E-state index is 5.62. The van der Waals surface area contributed by atoms with Gasteiger partial charge in [-0.3, -0.25) is 4.99 Å². The van der Waals surface area contributed by atoms with Gasteiger partial charge in [-0.15, -0.1) is 0 Å². The number of rotatable bonds is 5. The van der Waals surface area contributed by atoms with Crippen molar-refractivity contribution < 1.29 is 4.74 Å². The Morgan fingerprint density at radius 1 is 1.39 bits per heavy atom. The van der Waals surface area contributed by atoms with E-state index in [2.05, 4.69) is 58.0 Å². The van der Waals surface area contributed by atoms with E-state index in [4.69, 9.17) is 4.74 Å². The molecule has 2 unspecified atom stereocenters. The Bertz CT molecular complexity index is 643. The lowest BCUT2D eigenvalue weighted by atomic mass is 9.78. The molecule has 2 aliphatic rings. The second-order valence-electron chi connectivity index (χ2n) is 8.64. The summed E-state index contributed by atoms with van der Waals surface area (Å²) in [6.07, 6.45) is 7.34. The van der Waals surface area contributed by atoms with E-state index in [1.54, 1.807) is 0 Å². The van der Waals surface area contributed by atoms with Crippen molar-refractivity contribution in [3.05, 3.63) is 23.9 Å². The summed E-state index contributed by atoms with van der Waals surface area (Å²) in [5.74, 6) is 2.04. The summed E-state index contributed by atoms with van der Waals surface area (Å²) in [5, 5.41) is 3.54. The first-order chi connectivity index (χ1) is 13.5. The van der Waals surface area contributed by atoms with E-state index in [0.29, 0.717) is 5.41 Å². The van der Waals surface area contributed by atoms with Crippen LogP contribution >= 0.6 is 0 Å². The first kappa shape index (κ1) is 20.9. The van der Waals surface area contributed by atoms with Gasteiger partial charge in [0.2, 0.25) is 0 Å². The Kier molecular flexibility index (Phi) is 7.16. The lowest BCUT2D eigenvalue weighted by molar-refractivity contribution is 0.0529. The molecule has 2 fully saturated rings. The number of piperidine rings is 1. The number of aliphatic imine (C=N–C) groups is 1. The number of ether oxygens (including phenoxy) is 1. The van der Waals surface area contributed by atoms with Gasteiger partial charge in [-0.1, -0.05) is 26.3 Å². The zero-order chi connectivity index (χ0) is 20.0. The molecule has 28 heavy (non-hydrogen) atoms. The summed E-state index contributed by atoms with van der Waals surface area (Å²) in [6, 6.07) is 4.29. The van der Waals surface area contributed by atoms with Gasteiger partial charge in [-0.25, -0.2) is 4.98 Å². The van der Waals surface area contributed by atoms with Crippen LogP contribution in [0.2, 0.25) is 0 Å². The molecule has 0 bridgehead atoms. The lowest BCUT2D eigenvalue weighted by Gasteiger charge is -2.42. The molecule has 156 valence electrons. The third kappa shape index (κ3) is 5.37. The third-order valence-electron chi connectivity index (χ3n) is 5.97. The predicted octanol–water partition coefficient (Wildman–Crippen LogP) is 3.28. The van der Waals surface area contributed by atoms with E-state index in [1.807, 2.05) is 13.2 Å². The minimum atomic E-state index is 0.267. The Balaban J connectivity index is 1.55. The molecule has 0 aliphatic carbocycles. The highest BCUT2D eigenvalue weighted by Gasteiger charge is 2.31. The Morgan fingerprint density at radius 3 is 2.93 bits per heavy atom.